The summed E-state index contributed by atoms with van der Waals surface area (Å²) < 4.78 is 23.0. The van der Waals surface area contributed by atoms with Crippen LogP contribution < -0.4 is 0 Å². The number of unbranched alkanes of at least 4 members (excludes halogenated alkanes) is 36. The molecule has 0 aromatic heterocycles. The van der Waals surface area contributed by atoms with Crippen molar-refractivity contribution >= 4 is 5.97 Å². The molecule has 0 spiro atoms. The van der Waals surface area contributed by atoms with Crippen LogP contribution in [0.5, 0.6) is 0 Å². The van der Waals surface area contributed by atoms with Crippen LogP contribution in [0.1, 0.15) is 271 Å². The second-order valence-electron chi connectivity index (χ2n) is 19.4. The van der Waals surface area contributed by atoms with Gasteiger partial charge in [0.05, 0.1) is 19.8 Å². The van der Waals surface area contributed by atoms with Gasteiger partial charge in [0.15, 0.2) is 6.29 Å². The molecule has 9 nitrogen and oxygen atoms in total. The van der Waals surface area contributed by atoms with E-state index < -0.39 is 43.4 Å². The Bertz CT molecular complexity index is 993. The predicted octanol–water partition coefficient (Wildman–Crippen LogP) is 13.9. The Morgan fingerprint density at radius 3 is 1.27 bits per heavy atom. The fraction of sp³-hybridized carbons (Fsp3) is 0.945. The number of hydrogen-bond acceptors (Lipinski definition) is 9. The Morgan fingerprint density at radius 2 is 0.859 bits per heavy atom. The molecule has 1 fully saturated rings. The van der Waals surface area contributed by atoms with Gasteiger partial charge in [0, 0.05) is 13.0 Å². The van der Waals surface area contributed by atoms with E-state index in [1.165, 1.54) is 218 Å². The van der Waals surface area contributed by atoms with Gasteiger partial charge in [-0.1, -0.05) is 238 Å². The molecular formula is C55H106O9. The first-order valence-corrected chi connectivity index (χ1v) is 27.8. The van der Waals surface area contributed by atoms with E-state index in [2.05, 4.69) is 26.0 Å². The summed E-state index contributed by atoms with van der Waals surface area (Å²) in [6.45, 7) is 4.62. The van der Waals surface area contributed by atoms with Gasteiger partial charge in [0.25, 0.3) is 0 Å². The quantitative estimate of drug-likeness (QED) is 0.0267. The van der Waals surface area contributed by atoms with Crippen molar-refractivity contribution in [2.45, 2.75) is 307 Å². The SMILES string of the molecule is CCCCCCCCC/C=C\CCCCCCCCCC(=O)OC(COCCCCCCCCCCCCCCCCCCCCCCCCC)COC1OC(CO)C(O)C(O)C1O. The van der Waals surface area contributed by atoms with E-state index in [1.54, 1.807) is 0 Å². The van der Waals surface area contributed by atoms with Gasteiger partial charge >= 0.3 is 5.97 Å². The van der Waals surface area contributed by atoms with Gasteiger partial charge in [-0.15, -0.1) is 0 Å². The van der Waals surface area contributed by atoms with Crippen molar-refractivity contribution in [3.05, 3.63) is 12.2 Å². The lowest BCUT2D eigenvalue weighted by atomic mass is 9.99. The molecule has 4 N–H and O–H groups in total. The minimum Gasteiger partial charge on any atom is -0.457 e. The molecule has 6 atom stereocenters. The van der Waals surface area contributed by atoms with E-state index >= 15 is 0 Å². The lowest BCUT2D eigenvalue weighted by molar-refractivity contribution is -0.305. The van der Waals surface area contributed by atoms with Gasteiger partial charge < -0.3 is 39.4 Å². The van der Waals surface area contributed by atoms with Crippen LogP contribution in [-0.2, 0) is 23.7 Å². The smallest absolute Gasteiger partial charge is 0.306 e. The van der Waals surface area contributed by atoms with Crippen molar-refractivity contribution in [3.8, 4) is 0 Å². The molecule has 1 heterocycles. The zero-order valence-electron chi connectivity index (χ0n) is 42.1. The lowest BCUT2D eigenvalue weighted by Crippen LogP contribution is -2.59. The third kappa shape index (κ3) is 37.0. The van der Waals surface area contributed by atoms with Crippen molar-refractivity contribution in [1.29, 1.82) is 0 Å². The summed E-state index contributed by atoms with van der Waals surface area (Å²) in [5.74, 6) is -0.311. The second kappa shape index (κ2) is 47.0. The largest absolute Gasteiger partial charge is 0.457 e. The minimum absolute atomic E-state index is 0.109. The molecule has 9 heteroatoms. The number of esters is 1. The average Bonchev–Trinajstić information content (AvgIpc) is 3.30. The molecule has 1 aliphatic heterocycles. The maximum absolute atomic E-state index is 12.8. The average molecular weight is 911 g/mol. The number of aliphatic hydroxyl groups excluding tert-OH is 4. The first-order chi connectivity index (χ1) is 31.4. The summed E-state index contributed by atoms with van der Waals surface area (Å²) in [4.78, 5) is 12.8. The van der Waals surface area contributed by atoms with Crippen LogP contribution in [0.4, 0.5) is 0 Å². The number of allylic oxidation sites excluding steroid dienone is 2. The second-order valence-corrected chi connectivity index (χ2v) is 19.4. The zero-order chi connectivity index (χ0) is 46.4. The van der Waals surface area contributed by atoms with E-state index in [0.717, 1.165) is 32.1 Å². The van der Waals surface area contributed by atoms with Crippen LogP contribution in [0.3, 0.4) is 0 Å². The Balaban J connectivity index is 2.15. The van der Waals surface area contributed by atoms with E-state index in [9.17, 15) is 25.2 Å². The van der Waals surface area contributed by atoms with Crippen molar-refractivity contribution < 1.29 is 44.2 Å². The molecule has 6 unspecified atom stereocenters. The molecule has 64 heavy (non-hydrogen) atoms. The monoisotopic (exact) mass is 911 g/mol. The molecule has 0 saturated carbocycles. The maximum Gasteiger partial charge on any atom is 0.306 e. The molecule has 0 aromatic rings. The molecule has 380 valence electrons. The highest BCUT2D eigenvalue weighted by atomic mass is 16.7. The molecule has 1 aliphatic rings. The van der Waals surface area contributed by atoms with Crippen LogP contribution in [-0.4, -0.2) is 89.6 Å². The van der Waals surface area contributed by atoms with Gasteiger partial charge in [-0.05, 0) is 38.5 Å². The summed E-state index contributed by atoms with van der Waals surface area (Å²) in [6, 6.07) is 0. The number of rotatable bonds is 49. The Hall–Kier alpha value is -1.07. The van der Waals surface area contributed by atoms with Gasteiger partial charge in [0.2, 0.25) is 0 Å². The minimum atomic E-state index is -1.53. The third-order valence-electron chi connectivity index (χ3n) is 13.2. The fourth-order valence-corrected chi connectivity index (χ4v) is 8.84. The molecule has 0 aliphatic carbocycles. The maximum atomic E-state index is 12.8. The van der Waals surface area contributed by atoms with Crippen molar-refractivity contribution in [2.75, 3.05) is 26.4 Å². The van der Waals surface area contributed by atoms with Gasteiger partial charge in [0.1, 0.15) is 30.5 Å². The standard InChI is InChI=1S/C55H106O9/c1-3-5-7-9-11-13-15-17-19-21-23-24-25-26-27-29-31-33-35-37-39-41-43-45-61-47-49(48-62-55-54(60)53(59)52(58)50(46-56)64-55)63-51(57)44-42-40-38-36-34-32-30-28-22-20-18-16-14-12-10-8-6-4-2/h20,22,49-50,52-56,58-60H,3-19,21,23-48H2,1-2H3/b22-20-. The molecule has 0 aromatic carbocycles. The number of hydrogen-bond donors (Lipinski definition) is 4. The van der Waals surface area contributed by atoms with Crippen molar-refractivity contribution in [2.24, 2.45) is 0 Å². The van der Waals surface area contributed by atoms with Crippen LogP contribution in [0.15, 0.2) is 12.2 Å². The predicted molar refractivity (Wildman–Crippen MR) is 266 cm³/mol. The first kappa shape index (κ1) is 60.9. The van der Waals surface area contributed by atoms with E-state index in [4.69, 9.17) is 18.9 Å². The van der Waals surface area contributed by atoms with Crippen LogP contribution in [0.2, 0.25) is 0 Å². The lowest BCUT2D eigenvalue weighted by Gasteiger charge is -2.39. The molecule has 0 radical (unpaired) electrons. The molecular weight excluding hydrogens is 805 g/mol. The topological polar surface area (TPSA) is 135 Å². The number of ether oxygens (including phenoxy) is 4. The number of carbonyl (C=O) groups excluding carboxylic acids is 1. The zero-order valence-corrected chi connectivity index (χ0v) is 42.1. The molecule has 0 bridgehead atoms. The Morgan fingerprint density at radius 1 is 0.484 bits per heavy atom. The van der Waals surface area contributed by atoms with E-state index in [0.29, 0.717) is 13.0 Å². The molecule has 0 amide bonds. The Labute approximate surface area is 395 Å². The van der Waals surface area contributed by atoms with Crippen molar-refractivity contribution in [3.63, 3.8) is 0 Å². The van der Waals surface area contributed by atoms with Crippen LogP contribution in [0.25, 0.3) is 0 Å². The number of carbonyl (C=O) groups is 1. The van der Waals surface area contributed by atoms with Gasteiger partial charge in [-0.25, -0.2) is 0 Å². The molecule has 1 saturated heterocycles. The van der Waals surface area contributed by atoms with E-state index in [-0.39, 0.29) is 19.2 Å². The first-order valence-electron chi connectivity index (χ1n) is 27.8. The number of aliphatic hydroxyl groups is 4. The van der Waals surface area contributed by atoms with Gasteiger partial charge in [-0.3, -0.25) is 4.79 Å². The summed E-state index contributed by atoms with van der Waals surface area (Å²) in [7, 11) is 0. The van der Waals surface area contributed by atoms with Crippen LogP contribution in [0, 0.1) is 0 Å². The summed E-state index contributed by atoms with van der Waals surface area (Å²) in [5, 5.41) is 40.3. The third-order valence-corrected chi connectivity index (χ3v) is 13.2. The Kier molecular flexibility index (Phi) is 44.8. The van der Waals surface area contributed by atoms with Crippen LogP contribution >= 0.6 is 0 Å². The van der Waals surface area contributed by atoms with Crippen molar-refractivity contribution in [1.82, 2.24) is 0 Å². The molecule has 1 rings (SSSR count). The highest BCUT2D eigenvalue weighted by molar-refractivity contribution is 5.69. The van der Waals surface area contributed by atoms with Gasteiger partial charge in [-0.2, -0.15) is 0 Å². The highest BCUT2D eigenvalue weighted by Gasteiger charge is 2.44. The summed E-state index contributed by atoms with van der Waals surface area (Å²) >= 11 is 0. The summed E-state index contributed by atoms with van der Waals surface area (Å²) in [5.41, 5.74) is 0. The summed E-state index contributed by atoms with van der Waals surface area (Å²) in [6.07, 6.45) is 48.3. The fourth-order valence-electron chi connectivity index (χ4n) is 8.84. The highest BCUT2D eigenvalue weighted by Crippen LogP contribution is 2.23. The van der Waals surface area contributed by atoms with E-state index in [1.807, 2.05) is 0 Å². The normalized spacial score (nSPS) is 19.5.